The van der Waals surface area contributed by atoms with Gasteiger partial charge in [-0.15, -0.1) is 0 Å². The van der Waals surface area contributed by atoms with Crippen molar-refractivity contribution in [2.75, 3.05) is 11.9 Å². The first-order chi connectivity index (χ1) is 10.1. The predicted octanol–water partition coefficient (Wildman–Crippen LogP) is 3.77. The van der Waals surface area contributed by atoms with Crippen molar-refractivity contribution in [3.63, 3.8) is 0 Å². The van der Waals surface area contributed by atoms with Crippen molar-refractivity contribution in [2.24, 2.45) is 0 Å². The summed E-state index contributed by atoms with van der Waals surface area (Å²) in [6.45, 7) is 4.65. The highest BCUT2D eigenvalue weighted by molar-refractivity contribution is 9.10. The van der Waals surface area contributed by atoms with Crippen LogP contribution >= 0.6 is 15.9 Å². The van der Waals surface area contributed by atoms with Crippen LogP contribution in [-0.2, 0) is 0 Å². The number of amides is 1. The van der Waals surface area contributed by atoms with Crippen LogP contribution in [0.15, 0.2) is 47.1 Å². The second kappa shape index (κ2) is 7.22. The molecule has 0 spiro atoms. The molecule has 2 aromatic rings. The van der Waals surface area contributed by atoms with Crippen molar-refractivity contribution in [1.29, 1.82) is 0 Å². The molecule has 4 nitrogen and oxygen atoms in total. The van der Waals surface area contributed by atoms with E-state index in [2.05, 4.69) is 31.5 Å². The van der Waals surface area contributed by atoms with Gasteiger partial charge in [0.25, 0.3) is 5.91 Å². The third kappa shape index (κ3) is 4.04. The molecule has 0 saturated heterocycles. The van der Waals surface area contributed by atoms with Gasteiger partial charge in [0, 0.05) is 17.2 Å². The summed E-state index contributed by atoms with van der Waals surface area (Å²) >= 11 is 3.36. The Morgan fingerprint density at radius 3 is 2.71 bits per heavy atom. The summed E-state index contributed by atoms with van der Waals surface area (Å²) in [5, 5.41) is 6.10. The van der Waals surface area contributed by atoms with Gasteiger partial charge in [-0.05, 0) is 41.4 Å². The molecule has 1 unspecified atom stereocenters. The Labute approximate surface area is 133 Å². The number of carbonyl (C=O) groups is 1. The second-order valence-electron chi connectivity index (χ2n) is 4.69. The van der Waals surface area contributed by atoms with Crippen LogP contribution in [0.3, 0.4) is 0 Å². The zero-order chi connectivity index (χ0) is 15.2. The molecule has 1 aromatic heterocycles. The van der Waals surface area contributed by atoms with E-state index in [1.165, 1.54) is 0 Å². The minimum Gasteiger partial charge on any atom is -0.370 e. The van der Waals surface area contributed by atoms with E-state index in [9.17, 15) is 4.79 Å². The molecule has 110 valence electrons. The van der Waals surface area contributed by atoms with Crippen molar-refractivity contribution in [1.82, 2.24) is 10.3 Å². The fraction of sp³-hybridized carbons (Fsp3) is 0.250. The van der Waals surface area contributed by atoms with E-state index in [1.54, 1.807) is 12.3 Å². The monoisotopic (exact) mass is 347 g/mol. The van der Waals surface area contributed by atoms with Crippen molar-refractivity contribution >= 4 is 27.7 Å². The van der Waals surface area contributed by atoms with Gasteiger partial charge < -0.3 is 10.6 Å². The number of aromatic nitrogens is 1. The van der Waals surface area contributed by atoms with Crippen LogP contribution in [0.4, 0.5) is 5.82 Å². The van der Waals surface area contributed by atoms with Gasteiger partial charge in [0.05, 0.1) is 11.6 Å². The van der Waals surface area contributed by atoms with E-state index in [-0.39, 0.29) is 11.9 Å². The lowest BCUT2D eigenvalue weighted by molar-refractivity contribution is 0.0940. The molecule has 0 aliphatic heterocycles. The molecular formula is C16H18BrN3O. The third-order valence-electron chi connectivity index (χ3n) is 3.09. The summed E-state index contributed by atoms with van der Waals surface area (Å²) in [7, 11) is 0. The third-order valence-corrected chi connectivity index (χ3v) is 3.52. The molecule has 2 N–H and O–H groups in total. The standard InChI is InChI=1S/C16H18BrN3O/c1-3-18-15-14(9-13(17)10-19-15)16(21)20-11(2)12-7-5-4-6-8-12/h4-11H,3H2,1-2H3,(H,18,19)(H,20,21). The lowest BCUT2D eigenvalue weighted by Gasteiger charge is -2.16. The molecule has 5 heteroatoms. The highest BCUT2D eigenvalue weighted by Gasteiger charge is 2.16. The average Bonchev–Trinajstić information content (AvgIpc) is 2.50. The first-order valence-electron chi connectivity index (χ1n) is 6.87. The van der Waals surface area contributed by atoms with Gasteiger partial charge >= 0.3 is 0 Å². The Morgan fingerprint density at radius 2 is 2.05 bits per heavy atom. The number of hydrogen-bond acceptors (Lipinski definition) is 3. The van der Waals surface area contributed by atoms with Crippen molar-refractivity contribution < 1.29 is 4.79 Å². The van der Waals surface area contributed by atoms with Crippen LogP contribution in [0.25, 0.3) is 0 Å². The largest absolute Gasteiger partial charge is 0.370 e. The van der Waals surface area contributed by atoms with Gasteiger partial charge in [0.1, 0.15) is 5.82 Å². The summed E-state index contributed by atoms with van der Waals surface area (Å²) in [6, 6.07) is 11.6. The number of nitrogens with zero attached hydrogens (tertiary/aromatic N) is 1. The fourth-order valence-corrected chi connectivity index (χ4v) is 2.35. The Balaban J connectivity index is 2.18. The van der Waals surface area contributed by atoms with Crippen molar-refractivity contribution in [3.8, 4) is 0 Å². The SMILES string of the molecule is CCNc1ncc(Br)cc1C(=O)NC(C)c1ccccc1. The maximum Gasteiger partial charge on any atom is 0.255 e. The van der Waals surface area contributed by atoms with Crippen LogP contribution in [-0.4, -0.2) is 17.4 Å². The van der Waals surface area contributed by atoms with Gasteiger partial charge in [-0.2, -0.15) is 0 Å². The molecule has 21 heavy (non-hydrogen) atoms. The fourth-order valence-electron chi connectivity index (χ4n) is 2.02. The predicted molar refractivity (Wildman–Crippen MR) is 88.4 cm³/mol. The van der Waals surface area contributed by atoms with Gasteiger partial charge in [-0.1, -0.05) is 30.3 Å². The number of pyridine rings is 1. The Bertz CT molecular complexity index is 616. The zero-order valence-electron chi connectivity index (χ0n) is 12.1. The van der Waals surface area contributed by atoms with E-state index in [0.717, 1.165) is 10.0 Å². The molecule has 1 heterocycles. The Morgan fingerprint density at radius 1 is 1.33 bits per heavy atom. The van der Waals surface area contributed by atoms with E-state index < -0.39 is 0 Å². The first-order valence-corrected chi connectivity index (χ1v) is 7.66. The molecule has 0 saturated carbocycles. The number of carbonyl (C=O) groups excluding carboxylic acids is 1. The molecular weight excluding hydrogens is 330 g/mol. The van der Waals surface area contributed by atoms with Crippen molar-refractivity contribution in [2.45, 2.75) is 19.9 Å². The normalized spacial score (nSPS) is 11.8. The second-order valence-corrected chi connectivity index (χ2v) is 5.60. The summed E-state index contributed by atoms with van der Waals surface area (Å²) in [6.07, 6.45) is 1.68. The van der Waals surface area contributed by atoms with E-state index in [4.69, 9.17) is 0 Å². The van der Waals surface area contributed by atoms with Crippen LogP contribution < -0.4 is 10.6 Å². The summed E-state index contributed by atoms with van der Waals surface area (Å²) < 4.78 is 0.779. The topological polar surface area (TPSA) is 54.0 Å². The number of nitrogens with one attached hydrogen (secondary N) is 2. The molecule has 1 atom stereocenters. The maximum absolute atomic E-state index is 12.5. The summed E-state index contributed by atoms with van der Waals surface area (Å²) in [5.74, 6) is 0.453. The number of hydrogen-bond donors (Lipinski definition) is 2. The van der Waals surface area contributed by atoms with Crippen LogP contribution in [0.2, 0.25) is 0 Å². The highest BCUT2D eigenvalue weighted by atomic mass is 79.9. The van der Waals surface area contributed by atoms with E-state index >= 15 is 0 Å². The molecule has 2 rings (SSSR count). The van der Waals surface area contributed by atoms with Gasteiger partial charge in [0.2, 0.25) is 0 Å². The van der Waals surface area contributed by atoms with Gasteiger partial charge in [-0.25, -0.2) is 4.98 Å². The van der Waals surface area contributed by atoms with E-state index in [1.807, 2.05) is 44.2 Å². The maximum atomic E-state index is 12.5. The lowest BCUT2D eigenvalue weighted by Crippen LogP contribution is -2.27. The molecule has 1 amide bonds. The van der Waals surface area contributed by atoms with Crippen LogP contribution in [0.1, 0.15) is 35.8 Å². The Kier molecular flexibility index (Phi) is 5.33. The molecule has 0 aliphatic carbocycles. The van der Waals surface area contributed by atoms with E-state index in [0.29, 0.717) is 17.9 Å². The molecule has 0 bridgehead atoms. The minimum atomic E-state index is -0.142. The number of anilines is 1. The molecule has 0 aliphatic rings. The number of rotatable bonds is 5. The first kappa shape index (κ1) is 15.5. The van der Waals surface area contributed by atoms with Crippen LogP contribution in [0, 0.1) is 0 Å². The number of halogens is 1. The van der Waals surface area contributed by atoms with Crippen LogP contribution in [0.5, 0.6) is 0 Å². The lowest BCUT2D eigenvalue weighted by atomic mass is 10.1. The minimum absolute atomic E-state index is 0.0628. The molecule has 0 fully saturated rings. The van der Waals surface area contributed by atoms with Gasteiger partial charge in [-0.3, -0.25) is 4.79 Å². The van der Waals surface area contributed by atoms with Gasteiger partial charge in [0.15, 0.2) is 0 Å². The average molecular weight is 348 g/mol. The number of benzene rings is 1. The molecule has 0 radical (unpaired) electrons. The summed E-state index contributed by atoms with van der Waals surface area (Å²) in [5.41, 5.74) is 1.60. The quantitative estimate of drug-likeness (QED) is 0.865. The Hall–Kier alpha value is -1.88. The smallest absolute Gasteiger partial charge is 0.255 e. The summed E-state index contributed by atoms with van der Waals surface area (Å²) in [4.78, 5) is 16.7. The highest BCUT2D eigenvalue weighted by Crippen LogP contribution is 2.19. The molecule has 1 aromatic carbocycles. The van der Waals surface area contributed by atoms with Crippen molar-refractivity contribution in [3.05, 3.63) is 58.2 Å². The zero-order valence-corrected chi connectivity index (χ0v) is 13.6.